The first-order valence-corrected chi connectivity index (χ1v) is 7.21. The van der Waals surface area contributed by atoms with Gasteiger partial charge in [0.05, 0.1) is 0 Å². The summed E-state index contributed by atoms with van der Waals surface area (Å²) in [5, 5.41) is 3.30. The smallest absolute Gasteiger partial charge is 0.00719 e. The normalized spacial score (nSPS) is 24.1. The third kappa shape index (κ3) is 3.26. The third-order valence-electron chi connectivity index (χ3n) is 3.54. The number of nitrogens with one attached hydrogen (secondary N) is 1. The van der Waals surface area contributed by atoms with Gasteiger partial charge < -0.3 is 5.32 Å². The van der Waals surface area contributed by atoms with E-state index in [-0.39, 0.29) is 0 Å². The van der Waals surface area contributed by atoms with Crippen molar-refractivity contribution in [3.8, 4) is 0 Å². The number of hydrogen-bond donors (Lipinski definition) is 1. The summed E-state index contributed by atoms with van der Waals surface area (Å²) in [6.45, 7) is 1.21. The lowest BCUT2D eigenvalue weighted by Crippen LogP contribution is -2.34. The van der Waals surface area contributed by atoms with E-state index in [2.05, 4.69) is 42.7 Å². The maximum Gasteiger partial charge on any atom is 0.00719 e. The van der Waals surface area contributed by atoms with Crippen molar-refractivity contribution in [2.75, 3.05) is 19.3 Å². The molecule has 1 aromatic rings. The Morgan fingerprint density at radius 3 is 2.56 bits per heavy atom. The fourth-order valence-corrected chi connectivity index (χ4v) is 3.40. The zero-order valence-corrected chi connectivity index (χ0v) is 10.8. The van der Waals surface area contributed by atoms with Crippen LogP contribution in [-0.2, 0) is 0 Å². The Kier molecular flexibility index (Phi) is 4.73. The summed E-state index contributed by atoms with van der Waals surface area (Å²) in [4.78, 5) is 1.41. The summed E-state index contributed by atoms with van der Waals surface area (Å²) in [5.41, 5.74) is 0. The molecule has 16 heavy (non-hydrogen) atoms. The van der Waals surface area contributed by atoms with Crippen molar-refractivity contribution in [3.63, 3.8) is 0 Å². The van der Waals surface area contributed by atoms with Gasteiger partial charge in [0.15, 0.2) is 0 Å². The molecule has 0 saturated heterocycles. The second kappa shape index (κ2) is 6.31. The van der Waals surface area contributed by atoms with Crippen molar-refractivity contribution in [2.24, 2.45) is 11.8 Å². The molecular formula is C14H21NS. The van der Waals surface area contributed by atoms with E-state index in [1.165, 1.54) is 36.5 Å². The summed E-state index contributed by atoms with van der Waals surface area (Å²) < 4.78 is 0. The van der Waals surface area contributed by atoms with Crippen LogP contribution >= 0.6 is 11.8 Å². The molecular weight excluding hydrogens is 214 g/mol. The SMILES string of the molecule is CNCC1CCC1CCSc1ccccc1. The minimum atomic E-state index is 0.946. The van der Waals surface area contributed by atoms with Crippen LogP contribution < -0.4 is 5.32 Å². The van der Waals surface area contributed by atoms with Crippen molar-refractivity contribution < 1.29 is 0 Å². The summed E-state index contributed by atoms with van der Waals surface area (Å²) in [6.07, 6.45) is 4.26. The first kappa shape index (κ1) is 12.0. The predicted octanol–water partition coefficient (Wildman–Crippen LogP) is 3.41. The van der Waals surface area contributed by atoms with Gasteiger partial charge in [-0.1, -0.05) is 18.2 Å². The molecule has 1 aliphatic rings. The fourth-order valence-electron chi connectivity index (χ4n) is 2.39. The molecule has 1 N–H and O–H groups in total. The highest BCUT2D eigenvalue weighted by Crippen LogP contribution is 2.37. The van der Waals surface area contributed by atoms with Crippen LogP contribution in [0.2, 0.25) is 0 Å². The summed E-state index contributed by atoms with van der Waals surface area (Å²) in [6, 6.07) is 10.7. The van der Waals surface area contributed by atoms with Crippen LogP contribution in [0, 0.1) is 11.8 Å². The lowest BCUT2D eigenvalue weighted by atomic mass is 9.72. The Morgan fingerprint density at radius 2 is 1.94 bits per heavy atom. The zero-order valence-electron chi connectivity index (χ0n) is 9.99. The Labute approximate surface area is 103 Å². The predicted molar refractivity (Wildman–Crippen MR) is 71.9 cm³/mol. The second-order valence-electron chi connectivity index (χ2n) is 4.61. The van der Waals surface area contributed by atoms with Gasteiger partial charge in [0.2, 0.25) is 0 Å². The van der Waals surface area contributed by atoms with Gasteiger partial charge in [-0.3, -0.25) is 0 Å². The lowest BCUT2D eigenvalue weighted by molar-refractivity contribution is 0.170. The van der Waals surface area contributed by atoms with E-state index < -0.39 is 0 Å². The van der Waals surface area contributed by atoms with Crippen LogP contribution in [0.25, 0.3) is 0 Å². The van der Waals surface area contributed by atoms with Crippen molar-refractivity contribution in [3.05, 3.63) is 30.3 Å². The van der Waals surface area contributed by atoms with Gasteiger partial charge in [0.1, 0.15) is 0 Å². The molecule has 1 fully saturated rings. The van der Waals surface area contributed by atoms with E-state index in [0.29, 0.717) is 0 Å². The van der Waals surface area contributed by atoms with Crippen molar-refractivity contribution in [1.82, 2.24) is 5.32 Å². The molecule has 0 amide bonds. The van der Waals surface area contributed by atoms with E-state index in [0.717, 1.165) is 11.8 Å². The van der Waals surface area contributed by atoms with Gasteiger partial charge >= 0.3 is 0 Å². The maximum atomic E-state index is 3.30. The van der Waals surface area contributed by atoms with Gasteiger partial charge in [-0.25, -0.2) is 0 Å². The van der Waals surface area contributed by atoms with Gasteiger partial charge in [0.25, 0.3) is 0 Å². The van der Waals surface area contributed by atoms with Crippen molar-refractivity contribution in [1.29, 1.82) is 0 Å². The standard InChI is InChI=1S/C14H21NS/c1-15-11-13-8-7-12(13)9-10-16-14-5-3-2-4-6-14/h2-6,12-13,15H,7-11H2,1H3. The molecule has 0 heterocycles. The maximum absolute atomic E-state index is 3.30. The molecule has 88 valence electrons. The molecule has 2 heteroatoms. The Bertz CT molecular complexity index is 299. The molecule has 2 rings (SSSR count). The fraction of sp³-hybridized carbons (Fsp3) is 0.571. The van der Waals surface area contributed by atoms with E-state index >= 15 is 0 Å². The largest absolute Gasteiger partial charge is 0.319 e. The van der Waals surface area contributed by atoms with Gasteiger partial charge in [-0.15, -0.1) is 11.8 Å². The average Bonchev–Trinajstić information content (AvgIpc) is 2.31. The number of hydrogen-bond acceptors (Lipinski definition) is 2. The van der Waals surface area contributed by atoms with Crippen molar-refractivity contribution in [2.45, 2.75) is 24.2 Å². The average molecular weight is 235 g/mol. The molecule has 0 spiro atoms. The molecule has 1 aromatic carbocycles. The highest BCUT2D eigenvalue weighted by Gasteiger charge is 2.29. The van der Waals surface area contributed by atoms with Crippen molar-refractivity contribution >= 4 is 11.8 Å². The molecule has 2 atom stereocenters. The highest BCUT2D eigenvalue weighted by atomic mass is 32.2. The van der Waals surface area contributed by atoms with Crippen LogP contribution in [0.4, 0.5) is 0 Å². The molecule has 0 radical (unpaired) electrons. The summed E-state index contributed by atoms with van der Waals surface area (Å²) in [5.74, 6) is 3.19. The monoisotopic (exact) mass is 235 g/mol. The highest BCUT2D eigenvalue weighted by molar-refractivity contribution is 7.99. The Morgan fingerprint density at radius 1 is 1.19 bits per heavy atom. The van der Waals surface area contributed by atoms with Crippen LogP contribution in [0.5, 0.6) is 0 Å². The molecule has 2 unspecified atom stereocenters. The number of thioether (sulfide) groups is 1. The first-order chi connectivity index (χ1) is 7.90. The second-order valence-corrected chi connectivity index (χ2v) is 5.77. The minimum Gasteiger partial charge on any atom is -0.319 e. The van der Waals surface area contributed by atoms with Gasteiger partial charge in [-0.2, -0.15) is 0 Å². The molecule has 1 nitrogen and oxygen atoms in total. The molecule has 1 saturated carbocycles. The van der Waals surface area contributed by atoms with Gasteiger partial charge in [-0.05, 0) is 62.6 Å². The van der Waals surface area contributed by atoms with Crippen LogP contribution in [0.15, 0.2) is 35.2 Å². The topological polar surface area (TPSA) is 12.0 Å². The molecule has 0 aromatic heterocycles. The lowest BCUT2D eigenvalue weighted by Gasteiger charge is -2.36. The van der Waals surface area contributed by atoms with E-state index in [9.17, 15) is 0 Å². The van der Waals surface area contributed by atoms with Gasteiger partial charge in [0, 0.05) is 4.90 Å². The van der Waals surface area contributed by atoms with E-state index in [1.807, 2.05) is 11.8 Å². The Hall–Kier alpha value is -0.470. The number of benzene rings is 1. The van der Waals surface area contributed by atoms with E-state index in [4.69, 9.17) is 0 Å². The minimum absolute atomic E-state index is 0.946. The van der Waals surface area contributed by atoms with Crippen LogP contribution in [0.1, 0.15) is 19.3 Å². The summed E-state index contributed by atoms with van der Waals surface area (Å²) >= 11 is 2.00. The third-order valence-corrected chi connectivity index (χ3v) is 4.59. The molecule has 0 aliphatic heterocycles. The molecule has 1 aliphatic carbocycles. The van der Waals surface area contributed by atoms with E-state index in [1.54, 1.807) is 0 Å². The summed E-state index contributed by atoms with van der Waals surface area (Å²) in [7, 11) is 2.06. The Balaban J connectivity index is 1.65. The first-order valence-electron chi connectivity index (χ1n) is 6.22. The zero-order chi connectivity index (χ0) is 11.2. The molecule has 0 bridgehead atoms. The van der Waals surface area contributed by atoms with Crippen LogP contribution in [0.3, 0.4) is 0 Å². The number of rotatable bonds is 6. The quantitative estimate of drug-likeness (QED) is 0.758. The van der Waals surface area contributed by atoms with Crippen LogP contribution in [-0.4, -0.2) is 19.3 Å².